The number of carbonyl (C=O) groups is 2. The summed E-state index contributed by atoms with van der Waals surface area (Å²) < 4.78 is 9.53. The third-order valence-corrected chi connectivity index (χ3v) is 1.91. The molecule has 0 saturated heterocycles. The summed E-state index contributed by atoms with van der Waals surface area (Å²) in [4.78, 5) is 21.4. The molecule has 1 aromatic carbocycles. The first-order chi connectivity index (χ1) is 7.41. The summed E-state index contributed by atoms with van der Waals surface area (Å²) >= 11 is 0. The normalized spacial score (nSPS) is 9.62. The standard InChI is InChI=1S/C10H12N2O4/c1-5-3-4-6(2)8(16-10(12)14)7(5)15-9(11)13/h3-4H,1-2H3,(H2,11,13)(H2,12,14). The minimum Gasteiger partial charge on any atom is -0.406 e. The molecular formula is C10H12N2O4. The van der Waals surface area contributed by atoms with Crippen molar-refractivity contribution in [1.82, 2.24) is 0 Å². The number of ether oxygens (including phenoxy) is 2. The summed E-state index contributed by atoms with van der Waals surface area (Å²) in [6.07, 6.45) is -1.97. The summed E-state index contributed by atoms with van der Waals surface area (Å²) in [5, 5.41) is 0. The van der Waals surface area contributed by atoms with Crippen LogP contribution in [0.4, 0.5) is 9.59 Å². The van der Waals surface area contributed by atoms with Gasteiger partial charge in [0.05, 0.1) is 0 Å². The van der Waals surface area contributed by atoms with Crippen LogP contribution in [0.1, 0.15) is 11.1 Å². The smallest absolute Gasteiger partial charge is 0.406 e. The molecule has 0 fully saturated rings. The van der Waals surface area contributed by atoms with Gasteiger partial charge in [0.25, 0.3) is 0 Å². The molecule has 0 aliphatic rings. The minimum atomic E-state index is -0.983. The van der Waals surface area contributed by atoms with Gasteiger partial charge in [-0.2, -0.15) is 0 Å². The third-order valence-electron chi connectivity index (χ3n) is 1.91. The first-order valence-corrected chi connectivity index (χ1v) is 4.46. The van der Waals surface area contributed by atoms with Gasteiger partial charge in [0.1, 0.15) is 0 Å². The van der Waals surface area contributed by atoms with Gasteiger partial charge < -0.3 is 20.9 Å². The molecule has 0 aromatic heterocycles. The Kier molecular flexibility index (Phi) is 3.34. The molecule has 1 rings (SSSR count). The van der Waals surface area contributed by atoms with Crippen LogP contribution in [-0.2, 0) is 0 Å². The summed E-state index contributed by atoms with van der Waals surface area (Å²) in [6, 6.07) is 3.42. The highest BCUT2D eigenvalue weighted by Gasteiger charge is 2.16. The number of hydrogen-bond acceptors (Lipinski definition) is 4. The molecule has 0 aliphatic heterocycles. The predicted molar refractivity (Wildman–Crippen MR) is 56.3 cm³/mol. The molecule has 0 aliphatic carbocycles. The van der Waals surface area contributed by atoms with Crippen molar-refractivity contribution < 1.29 is 19.1 Å². The molecule has 1 aromatic rings. The Morgan fingerprint density at radius 2 is 1.25 bits per heavy atom. The van der Waals surface area contributed by atoms with Crippen molar-refractivity contribution in [2.24, 2.45) is 11.5 Å². The van der Waals surface area contributed by atoms with Crippen LogP contribution in [0.25, 0.3) is 0 Å². The Labute approximate surface area is 92.1 Å². The zero-order chi connectivity index (χ0) is 12.3. The molecule has 2 amide bonds. The van der Waals surface area contributed by atoms with Crippen molar-refractivity contribution in [1.29, 1.82) is 0 Å². The molecule has 86 valence electrons. The van der Waals surface area contributed by atoms with Crippen molar-refractivity contribution in [2.45, 2.75) is 13.8 Å². The molecule has 6 heteroatoms. The highest BCUT2D eigenvalue weighted by molar-refractivity contribution is 5.74. The van der Waals surface area contributed by atoms with E-state index in [-0.39, 0.29) is 11.5 Å². The van der Waals surface area contributed by atoms with Crippen molar-refractivity contribution in [3.8, 4) is 11.5 Å². The Morgan fingerprint density at radius 1 is 0.938 bits per heavy atom. The van der Waals surface area contributed by atoms with E-state index in [2.05, 4.69) is 0 Å². The number of nitrogens with two attached hydrogens (primary N) is 2. The number of amides is 2. The maximum absolute atomic E-state index is 10.7. The van der Waals surface area contributed by atoms with E-state index < -0.39 is 12.2 Å². The SMILES string of the molecule is Cc1ccc(C)c(OC(N)=O)c1OC(N)=O. The van der Waals surface area contributed by atoms with Crippen LogP contribution in [0.3, 0.4) is 0 Å². The molecule has 0 radical (unpaired) electrons. The average molecular weight is 224 g/mol. The van der Waals surface area contributed by atoms with Gasteiger partial charge >= 0.3 is 12.2 Å². The van der Waals surface area contributed by atoms with Gasteiger partial charge in [0.15, 0.2) is 11.5 Å². The van der Waals surface area contributed by atoms with E-state index in [0.717, 1.165) is 0 Å². The van der Waals surface area contributed by atoms with Gasteiger partial charge in [0.2, 0.25) is 0 Å². The molecule has 0 atom stereocenters. The number of primary amides is 2. The molecule has 4 N–H and O–H groups in total. The van der Waals surface area contributed by atoms with Crippen LogP contribution >= 0.6 is 0 Å². The zero-order valence-corrected chi connectivity index (χ0v) is 8.94. The molecular weight excluding hydrogens is 212 g/mol. The molecule has 6 nitrogen and oxygen atoms in total. The number of rotatable bonds is 2. The average Bonchev–Trinajstić information content (AvgIpc) is 2.16. The number of carbonyl (C=O) groups excluding carboxylic acids is 2. The molecule has 0 heterocycles. The largest absolute Gasteiger partial charge is 0.410 e. The lowest BCUT2D eigenvalue weighted by Crippen LogP contribution is -2.21. The first-order valence-electron chi connectivity index (χ1n) is 4.46. The highest BCUT2D eigenvalue weighted by atomic mass is 16.6. The lowest BCUT2D eigenvalue weighted by atomic mass is 10.1. The van der Waals surface area contributed by atoms with E-state index in [9.17, 15) is 9.59 Å². The molecule has 0 saturated carbocycles. The highest BCUT2D eigenvalue weighted by Crippen LogP contribution is 2.34. The van der Waals surface area contributed by atoms with Gasteiger partial charge in [-0.1, -0.05) is 12.1 Å². The molecule has 0 unspecified atom stereocenters. The Balaban J connectivity index is 3.24. The van der Waals surface area contributed by atoms with E-state index in [4.69, 9.17) is 20.9 Å². The number of hydrogen-bond donors (Lipinski definition) is 2. The number of aryl methyl sites for hydroxylation is 2. The van der Waals surface area contributed by atoms with Crippen LogP contribution in [0.2, 0.25) is 0 Å². The fourth-order valence-corrected chi connectivity index (χ4v) is 1.21. The summed E-state index contributed by atoms with van der Waals surface area (Å²) in [5.74, 6) is 0.206. The fraction of sp³-hybridized carbons (Fsp3) is 0.200. The van der Waals surface area contributed by atoms with Gasteiger partial charge in [-0.05, 0) is 25.0 Å². The van der Waals surface area contributed by atoms with E-state index >= 15 is 0 Å². The van der Waals surface area contributed by atoms with Crippen molar-refractivity contribution in [3.63, 3.8) is 0 Å². The van der Waals surface area contributed by atoms with E-state index in [1.54, 1.807) is 26.0 Å². The molecule has 16 heavy (non-hydrogen) atoms. The van der Waals surface area contributed by atoms with Crippen LogP contribution in [0, 0.1) is 13.8 Å². The second-order valence-corrected chi connectivity index (χ2v) is 3.20. The first kappa shape index (κ1) is 11.8. The lowest BCUT2D eigenvalue weighted by molar-refractivity contribution is 0.199. The van der Waals surface area contributed by atoms with Crippen molar-refractivity contribution >= 4 is 12.2 Å². The van der Waals surface area contributed by atoms with Gasteiger partial charge in [0, 0.05) is 0 Å². The topological polar surface area (TPSA) is 105 Å². The summed E-state index contributed by atoms with van der Waals surface area (Å²) in [7, 11) is 0. The van der Waals surface area contributed by atoms with Crippen LogP contribution < -0.4 is 20.9 Å². The maximum atomic E-state index is 10.7. The van der Waals surface area contributed by atoms with Crippen LogP contribution in [0.5, 0.6) is 11.5 Å². The van der Waals surface area contributed by atoms with E-state index in [1.165, 1.54) is 0 Å². The molecule has 0 spiro atoms. The maximum Gasteiger partial charge on any atom is 0.410 e. The lowest BCUT2D eigenvalue weighted by Gasteiger charge is -2.12. The van der Waals surface area contributed by atoms with Gasteiger partial charge in [-0.3, -0.25) is 0 Å². The van der Waals surface area contributed by atoms with Crippen LogP contribution in [-0.4, -0.2) is 12.2 Å². The minimum absolute atomic E-state index is 0.103. The van der Waals surface area contributed by atoms with Crippen LogP contribution in [0.15, 0.2) is 12.1 Å². The van der Waals surface area contributed by atoms with Crippen molar-refractivity contribution in [3.05, 3.63) is 23.3 Å². The Hall–Kier alpha value is -2.24. The van der Waals surface area contributed by atoms with Gasteiger partial charge in [-0.15, -0.1) is 0 Å². The van der Waals surface area contributed by atoms with E-state index in [0.29, 0.717) is 11.1 Å². The summed E-state index contributed by atoms with van der Waals surface area (Å²) in [5.41, 5.74) is 11.0. The third kappa shape index (κ3) is 2.63. The van der Waals surface area contributed by atoms with Gasteiger partial charge in [-0.25, -0.2) is 9.59 Å². The number of benzene rings is 1. The van der Waals surface area contributed by atoms with Crippen molar-refractivity contribution in [2.75, 3.05) is 0 Å². The quantitative estimate of drug-likeness (QED) is 0.787. The Bertz CT molecular complexity index is 402. The monoisotopic (exact) mass is 224 g/mol. The zero-order valence-electron chi connectivity index (χ0n) is 8.94. The fourth-order valence-electron chi connectivity index (χ4n) is 1.21. The summed E-state index contributed by atoms with van der Waals surface area (Å²) in [6.45, 7) is 3.37. The second-order valence-electron chi connectivity index (χ2n) is 3.20. The predicted octanol–water partition coefficient (Wildman–Crippen LogP) is 1.22. The Morgan fingerprint density at radius 3 is 1.50 bits per heavy atom. The second kappa shape index (κ2) is 4.52. The van der Waals surface area contributed by atoms with E-state index in [1.807, 2.05) is 0 Å². The molecule has 0 bridgehead atoms.